The zero-order valence-electron chi connectivity index (χ0n) is 11.3. The highest BCUT2D eigenvalue weighted by molar-refractivity contribution is 5.89. The first-order valence-electron chi connectivity index (χ1n) is 6.57. The van der Waals surface area contributed by atoms with Gasteiger partial charge in [0, 0.05) is 31.9 Å². The number of urea groups is 1. The standard InChI is InChI=1S/C13H17F3N4O/c14-13(15,16)9-2-1-3-10(6-9)19-12(21)20-5-4-18-8-11(20)7-17/h1-3,6,11,18H,4-5,7-8,17H2,(H,19,21). The van der Waals surface area contributed by atoms with E-state index >= 15 is 0 Å². The first-order chi connectivity index (χ1) is 9.91. The third-order valence-corrected chi connectivity index (χ3v) is 3.32. The number of benzene rings is 1. The van der Waals surface area contributed by atoms with Gasteiger partial charge in [0.05, 0.1) is 11.6 Å². The minimum Gasteiger partial charge on any atom is -0.328 e. The van der Waals surface area contributed by atoms with Gasteiger partial charge < -0.3 is 21.3 Å². The van der Waals surface area contributed by atoms with Gasteiger partial charge in [-0.15, -0.1) is 0 Å². The summed E-state index contributed by atoms with van der Waals surface area (Å²) in [5, 5.41) is 5.61. The molecular formula is C13H17F3N4O. The van der Waals surface area contributed by atoms with E-state index in [2.05, 4.69) is 10.6 Å². The van der Waals surface area contributed by atoms with Gasteiger partial charge in [0.25, 0.3) is 0 Å². The molecule has 1 heterocycles. The number of amides is 2. The molecule has 4 N–H and O–H groups in total. The Morgan fingerprint density at radius 3 is 2.90 bits per heavy atom. The molecule has 1 aliphatic rings. The number of hydrogen-bond acceptors (Lipinski definition) is 3. The number of halogens is 3. The number of nitrogens with one attached hydrogen (secondary N) is 2. The van der Waals surface area contributed by atoms with Crippen LogP contribution in [0.5, 0.6) is 0 Å². The van der Waals surface area contributed by atoms with Gasteiger partial charge in [0.1, 0.15) is 0 Å². The zero-order valence-corrected chi connectivity index (χ0v) is 11.3. The summed E-state index contributed by atoms with van der Waals surface area (Å²) >= 11 is 0. The topological polar surface area (TPSA) is 70.4 Å². The first kappa shape index (κ1) is 15.6. The maximum absolute atomic E-state index is 12.6. The summed E-state index contributed by atoms with van der Waals surface area (Å²) in [5.41, 5.74) is 4.92. The molecule has 1 fully saturated rings. The van der Waals surface area contributed by atoms with E-state index in [4.69, 9.17) is 5.73 Å². The second-order valence-electron chi connectivity index (χ2n) is 4.80. The van der Waals surface area contributed by atoms with Crippen molar-refractivity contribution in [2.45, 2.75) is 12.2 Å². The van der Waals surface area contributed by atoms with Crippen LogP contribution in [-0.4, -0.2) is 43.2 Å². The minimum atomic E-state index is -4.43. The van der Waals surface area contributed by atoms with Gasteiger partial charge >= 0.3 is 12.2 Å². The van der Waals surface area contributed by atoms with Gasteiger partial charge in [-0.2, -0.15) is 13.2 Å². The molecule has 116 valence electrons. The van der Waals surface area contributed by atoms with Crippen molar-refractivity contribution in [2.24, 2.45) is 5.73 Å². The summed E-state index contributed by atoms with van der Waals surface area (Å²) in [4.78, 5) is 13.7. The SMILES string of the molecule is NCC1CNCCN1C(=O)Nc1cccc(C(F)(F)F)c1. The highest BCUT2D eigenvalue weighted by Crippen LogP contribution is 2.30. The van der Waals surface area contributed by atoms with Crippen LogP contribution in [0.2, 0.25) is 0 Å². The lowest BCUT2D eigenvalue weighted by Gasteiger charge is -2.35. The van der Waals surface area contributed by atoms with E-state index in [1.807, 2.05) is 0 Å². The van der Waals surface area contributed by atoms with Crippen molar-refractivity contribution in [3.05, 3.63) is 29.8 Å². The number of carbonyl (C=O) groups is 1. The second kappa shape index (κ2) is 6.31. The van der Waals surface area contributed by atoms with Gasteiger partial charge in [0.2, 0.25) is 0 Å². The van der Waals surface area contributed by atoms with Crippen LogP contribution in [-0.2, 0) is 6.18 Å². The average Bonchev–Trinajstić information content (AvgIpc) is 2.46. The lowest BCUT2D eigenvalue weighted by atomic mass is 10.2. The summed E-state index contributed by atoms with van der Waals surface area (Å²) in [7, 11) is 0. The summed E-state index contributed by atoms with van der Waals surface area (Å²) in [5.74, 6) is 0. The van der Waals surface area contributed by atoms with Crippen LogP contribution in [0.4, 0.5) is 23.7 Å². The third kappa shape index (κ3) is 3.85. The van der Waals surface area contributed by atoms with Crippen LogP contribution in [0.3, 0.4) is 0 Å². The zero-order chi connectivity index (χ0) is 15.5. The van der Waals surface area contributed by atoms with Gasteiger partial charge in [-0.1, -0.05) is 6.07 Å². The first-order valence-corrected chi connectivity index (χ1v) is 6.57. The molecule has 1 unspecified atom stereocenters. The second-order valence-corrected chi connectivity index (χ2v) is 4.80. The molecule has 1 saturated heterocycles. The van der Waals surface area contributed by atoms with E-state index < -0.39 is 17.8 Å². The summed E-state index contributed by atoms with van der Waals surface area (Å²) in [6.45, 7) is 1.97. The van der Waals surface area contributed by atoms with Crippen molar-refractivity contribution in [1.82, 2.24) is 10.2 Å². The number of anilines is 1. The van der Waals surface area contributed by atoms with Crippen molar-refractivity contribution in [3.63, 3.8) is 0 Å². The van der Waals surface area contributed by atoms with Gasteiger partial charge in [-0.25, -0.2) is 4.79 Å². The number of nitrogens with two attached hydrogens (primary N) is 1. The fourth-order valence-electron chi connectivity index (χ4n) is 2.21. The molecule has 2 rings (SSSR count). The van der Waals surface area contributed by atoms with E-state index in [9.17, 15) is 18.0 Å². The van der Waals surface area contributed by atoms with E-state index in [1.54, 1.807) is 0 Å². The number of alkyl halides is 3. The minimum absolute atomic E-state index is 0.115. The van der Waals surface area contributed by atoms with Crippen LogP contribution in [0.1, 0.15) is 5.56 Å². The van der Waals surface area contributed by atoms with E-state index in [0.717, 1.165) is 12.1 Å². The Hall–Kier alpha value is -1.80. The molecule has 1 aliphatic heterocycles. The predicted molar refractivity (Wildman–Crippen MR) is 72.9 cm³/mol. The Morgan fingerprint density at radius 2 is 2.24 bits per heavy atom. The largest absolute Gasteiger partial charge is 0.416 e. The molecule has 2 amide bonds. The smallest absolute Gasteiger partial charge is 0.328 e. The van der Waals surface area contributed by atoms with Crippen LogP contribution < -0.4 is 16.4 Å². The Bertz CT molecular complexity index is 506. The number of nitrogens with zero attached hydrogens (tertiary/aromatic N) is 1. The van der Waals surface area contributed by atoms with Crippen molar-refractivity contribution in [1.29, 1.82) is 0 Å². The Balaban J connectivity index is 2.08. The van der Waals surface area contributed by atoms with Crippen LogP contribution in [0.25, 0.3) is 0 Å². The Kier molecular flexibility index (Phi) is 4.69. The van der Waals surface area contributed by atoms with Crippen LogP contribution >= 0.6 is 0 Å². The average molecular weight is 302 g/mol. The predicted octanol–water partition coefficient (Wildman–Crippen LogP) is 1.47. The van der Waals surface area contributed by atoms with Gasteiger partial charge in [-0.3, -0.25) is 0 Å². The maximum atomic E-state index is 12.6. The molecule has 0 saturated carbocycles. The van der Waals surface area contributed by atoms with Crippen molar-refractivity contribution in [3.8, 4) is 0 Å². The van der Waals surface area contributed by atoms with E-state index in [1.165, 1.54) is 17.0 Å². The molecule has 0 radical (unpaired) electrons. The summed E-state index contributed by atoms with van der Waals surface area (Å²) < 4.78 is 37.9. The van der Waals surface area contributed by atoms with Crippen molar-refractivity contribution >= 4 is 11.7 Å². The number of hydrogen-bond donors (Lipinski definition) is 3. The van der Waals surface area contributed by atoms with E-state index in [0.29, 0.717) is 26.2 Å². The number of piperazine rings is 1. The molecule has 0 aromatic heterocycles. The molecule has 0 aliphatic carbocycles. The van der Waals surface area contributed by atoms with Crippen LogP contribution in [0, 0.1) is 0 Å². The monoisotopic (exact) mass is 302 g/mol. The number of carbonyl (C=O) groups excluding carboxylic acids is 1. The fraction of sp³-hybridized carbons (Fsp3) is 0.462. The normalized spacial score (nSPS) is 19.4. The molecule has 21 heavy (non-hydrogen) atoms. The van der Waals surface area contributed by atoms with Crippen LogP contribution in [0.15, 0.2) is 24.3 Å². The highest BCUT2D eigenvalue weighted by Gasteiger charge is 2.31. The molecule has 1 aromatic carbocycles. The lowest BCUT2D eigenvalue weighted by molar-refractivity contribution is -0.137. The Labute approximate surface area is 120 Å². The summed E-state index contributed by atoms with van der Waals surface area (Å²) in [6, 6.07) is 3.96. The third-order valence-electron chi connectivity index (χ3n) is 3.32. The molecule has 1 aromatic rings. The quantitative estimate of drug-likeness (QED) is 0.775. The molecule has 0 spiro atoms. The highest BCUT2D eigenvalue weighted by atomic mass is 19.4. The lowest BCUT2D eigenvalue weighted by Crippen LogP contribution is -2.57. The molecule has 1 atom stereocenters. The fourth-order valence-corrected chi connectivity index (χ4v) is 2.21. The van der Waals surface area contributed by atoms with Crippen molar-refractivity contribution < 1.29 is 18.0 Å². The molecule has 5 nitrogen and oxygen atoms in total. The van der Waals surface area contributed by atoms with E-state index in [-0.39, 0.29) is 11.7 Å². The van der Waals surface area contributed by atoms with Gasteiger partial charge in [-0.05, 0) is 18.2 Å². The summed E-state index contributed by atoms with van der Waals surface area (Å²) in [6.07, 6.45) is -4.43. The van der Waals surface area contributed by atoms with Crippen molar-refractivity contribution in [2.75, 3.05) is 31.5 Å². The maximum Gasteiger partial charge on any atom is 0.416 e. The van der Waals surface area contributed by atoms with Gasteiger partial charge in [0.15, 0.2) is 0 Å². The Morgan fingerprint density at radius 1 is 1.48 bits per heavy atom. The molecular weight excluding hydrogens is 285 g/mol. The number of rotatable bonds is 2. The molecule has 8 heteroatoms. The molecule has 0 bridgehead atoms.